The molecule has 0 fully saturated rings. The molecule has 0 unspecified atom stereocenters. The third-order valence-corrected chi connectivity index (χ3v) is 0. The summed E-state index contributed by atoms with van der Waals surface area (Å²) in [4.78, 5) is 0. The van der Waals surface area contributed by atoms with Crippen LogP contribution in [0.2, 0.25) is 0 Å². The molecule has 0 aliphatic carbocycles. The third-order valence-electron chi connectivity index (χ3n) is 0. The van der Waals surface area contributed by atoms with Gasteiger partial charge in [0.1, 0.15) is 0 Å². The zero-order chi connectivity index (χ0) is 9.00. The van der Waals surface area contributed by atoms with Crippen LogP contribution in [0.3, 0.4) is 0 Å². The summed E-state index contributed by atoms with van der Waals surface area (Å²) >= 11 is 0. The van der Waals surface area contributed by atoms with E-state index in [0.29, 0.717) is 0 Å². The van der Waals surface area contributed by atoms with Crippen molar-refractivity contribution in [1.29, 1.82) is 0 Å². The SMILES string of the molecule is [Ba].[O-][Cl+3]([O-])([O-])O.[O-][Cl+3]([O-])([O-])O. The summed E-state index contributed by atoms with van der Waals surface area (Å²) in [6, 6.07) is 0. The fourth-order valence-corrected chi connectivity index (χ4v) is 0. The van der Waals surface area contributed by atoms with E-state index in [1.54, 1.807) is 0 Å². The Hall–Kier alpha value is 1.83. The van der Waals surface area contributed by atoms with E-state index in [9.17, 15) is 0 Å². The normalized spacial score (nSPS) is 10.9. The summed E-state index contributed by atoms with van der Waals surface area (Å²) in [5.74, 6) is 0. The van der Waals surface area contributed by atoms with Crippen molar-refractivity contribution >= 4 is 48.9 Å². The Morgan fingerprint density at radius 1 is 0.636 bits per heavy atom. The van der Waals surface area contributed by atoms with E-state index in [1.807, 2.05) is 0 Å². The summed E-state index contributed by atoms with van der Waals surface area (Å²) in [6.45, 7) is 0. The molecule has 0 saturated heterocycles. The van der Waals surface area contributed by atoms with E-state index < -0.39 is 20.5 Å². The van der Waals surface area contributed by atoms with Gasteiger partial charge in [0.05, 0.1) is 29.8 Å². The molecule has 0 amide bonds. The van der Waals surface area contributed by atoms with Gasteiger partial charge in [-0.25, -0.2) is 0 Å². The van der Waals surface area contributed by atoms with Crippen LogP contribution in [0.15, 0.2) is 0 Å². The molecule has 0 aliphatic heterocycles. The fourth-order valence-electron chi connectivity index (χ4n) is 0. The largest absolute Gasteiger partial charge is 0.183 e. The first-order valence-electron chi connectivity index (χ1n) is 1.26. The molecule has 0 bridgehead atoms. The van der Waals surface area contributed by atoms with Crippen molar-refractivity contribution in [2.24, 2.45) is 0 Å². The van der Waals surface area contributed by atoms with Gasteiger partial charge in [-0.1, -0.05) is 0 Å². The summed E-state index contributed by atoms with van der Waals surface area (Å²) in [7, 11) is -9.39. The van der Waals surface area contributed by atoms with E-state index in [-0.39, 0.29) is 48.9 Å². The minimum Gasteiger partial charge on any atom is -0.183 e. The molecule has 0 saturated carbocycles. The molecule has 0 aliphatic rings. The Balaban J connectivity index is -0.000000107. The van der Waals surface area contributed by atoms with Gasteiger partial charge in [0.25, 0.3) is 0 Å². The third kappa shape index (κ3) is 341. The Labute approximate surface area is 105 Å². The molecule has 0 heterocycles. The second-order valence-corrected chi connectivity index (χ2v) is 2.38. The molecular weight excluding hydrogens is 336 g/mol. The quantitative estimate of drug-likeness (QED) is 0.408. The Morgan fingerprint density at radius 3 is 0.636 bits per heavy atom. The summed E-state index contributed by atoms with van der Waals surface area (Å²) in [6.07, 6.45) is 0. The zero-order valence-electron chi connectivity index (χ0n) is 4.81. The van der Waals surface area contributed by atoms with Crippen LogP contribution in [0.25, 0.3) is 0 Å². The first-order valence-corrected chi connectivity index (χ1v) is 3.79. The van der Waals surface area contributed by atoms with Gasteiger partial charge in [0.15, 0.2) is 0 Å². The molecule has 2 radical (unpaired) electrons. The Bertz CT molecular complexity index is 55.1. The summed E-state index contributed by atoms with van der Waals surface area (Å²) < 4.78 is 65.4. The molecule has 2 N–H and O–H groups in total. The van der Waals surface area contributed by atoms with Crippen molar-refractivity contribution in [3.63, 3.8) is 0 Å². The van der Waals surface area contributed by atoms with Crippen LogP contribution in [0, 0.1) is 20.5 Å². The van der Waals surface area contributed by atoms with Crippen LogP contribution in [-0.2, 0) is 0 Å². The van der Waals surface area contributed by atoms with Crippen molar-refractivity contribution in [3.8, 4) is 0 Å². The minimum atomic E-state index is -4.69. The second-order valence-electron chi connectivity index (χ2n) is 0.792. The number of halogens is 2. The van der Waals surface area contributed by atoms with Crippen molar-refractivity contribution < 1.29 is 57.8 Å². The van der Waals surface area contributed by atoms with E-state index in [0.717, 1.165) is 0 Å². The molecular formula is H2BaCl2O8. The first-order chi connectivity index (χ1) is 4.00. The topological polar surface area (TPSA) is 179 Å². The smallest absolute Gasteiger partial charge is 0.0777 e. The van der Waals surface area contributed by atoms with Gasteiger partial charge in [0, 0.05) is 48.9 Å². The van der Waals surface area contributed by atoms with Gasteiger partial charge in [-0.05, 0) is 0 Å². The first kappa shape index (κ1) is 18.6. The van der Waals surface area contributed by atoms with Crippen LogP contribution in [-0.4, -0.2) is 58.2 Å². The average Bonchev–Trinajstić information content (AvgIpc) is 1.12. The van der Waals surface area contributed by atoms with Crippen molar-refractivity contribution in [2.75, 3.05) is 0 Å². The van der Waals surface area contributed by atoms with Crippen LogP contribution < -0.4 is 28.0 Å². The van der Waals surface area contributed by atoms with Crippen molar-refractivity contribution in [2.45, 2.75) is 0 Å². The molecule has 0 rings (SSSR count). The number of hydrogen-bond donors (Lipinski definition) is 2. The average molecular weight is 338 g/mol. The number of hydrogen-bond acceptors (Lipinski definition) is 8. The maximum absolute atomic E-state index is 8.60. The van der Waals surface area contributed by atoms with Crippen LogP contribution in [0.4, 0.5) is 0 Å². The zero-order valence-corrected chi connectivity index (χ0v) is 10.8. The van der Waals surface area contributed by atoms with Gasteiger partial charge in [-0.15, -0.1) is 0 Å². The predicted molar refractivity (Wildman–Crippen MR) is 10.2 cm³/mol. The molecule has 0 aromatic rings. The summed E-state index contributed by atoms with van der Waals surface area (Å²) in [5, 5.41) is 0. The van der Waals surface area contributed by atoms with Crippen molar-refractivity contribution in [1.82, 2.24) is 0 Å². The van der Waals surface area contributed by atoms with E-state index in [2.05, 4.69) is 0 Å². The monoisotopic (exact) mass is 338 g/mol. The second kappa shape index (κ2) is 7.26. The standard InChI is InChI=1S/Ba.2ClHO4/c;2*2-1(3,4)5/h;2*(H,2,3,4,5). The van der Waals surface area contributed by atoms with E-state index in [1.165, 1.54) is 0 Å². The van der Waals surface area contributed by atoms with Gasteiger partial charge in [0.2, 0.25) is 0 Å². The predicted octanol–water partition coefficient (Wildman–Crippen LogP) is -8.63. The Morgan fingerprint density at radius 2 is 0.636 bits per heavy atom. The number of rotatable bonds is 0. The van der Waals surface area contributed by atoms with Crippen LogP contribution >= 0.6 is 0 Å². The van der Waals surface area contributed by atoms with Gasteiger partial charge in [-0.3, -0.25) is 0 Å². The minimum absolute atomic E-state index is 0. The summed E-state index contributed by atoms with van der Waals surface area (Å²) in [5.41, 5.74) is 0. The molecule has 11 heavy (non-hydrogen) atoms. The molecule has 0 spiro atoms. The fraction of sp³-hybridized carbons (Fsp3) is 0. The van der Waals surface area contributed by atoms with Gasteiger partial charge in [-0.2, -0.15) is 28.0 Å². The van der Waals surface area contributed by atoms with Crippen molar-refractivity contribution in [3.05, 3.63) is 0 Å². The van der Waals surface area contributed by atoms with Crippen LogP contribution in [0.1, 0.15) is 0 Å². The van der Waals surface area contributed by atoms with Gasteiger partial charge < -0.3 is 0 Å². The maximum Gasteiger partial charge on any atom is 0.0777 e. The molecule has 8 nitrogen and oxygen atoms in total. The van der Waals surface area contributed by atoms with Crippen LogP contribution in [0.5, 0.6) is 0 Å². The molecule has 0 aromatic heterocycles. The Kier molecular flexibility index (Phi) is 12.3. The maximum atomic E-state index is 8.60. The molecule has 0 atom stereocenters. The van der Waals surface area contributed by atoms with E-state index in [4.69, 9.17) is 37.3 Å². The molecule has 66 valence electrons. The van der Waals surface area contributed by atoms with E-state index >= 15 is 0 Å². The van der Waals surface area contributed by atoms with Gasteiger partial charge >= 0.3 is 0 Å². The molecule has 0 aromatic carbocycles. The molecule has 11 heteroatoms.